The SMILES string of the molecule is O=C(NCc1ccccc1Cn1ccnc1)c1ccccc1-c1ccc(Cn2cccn2)cc1. The first-order valence-electron chi connectivity index (χ1n) is 11.2. The number of benzene rings is 3. The van der Waals surface area contributed by atoms with E-state index in [1.54, 1.807) is 18.7 Å². The van der Waals surface area contributed by atoms with Crippen LogP contribution >= 0.6 is 0 Å². The number of aromatic nitrogens is 4. The lowest BCUT2D eigenvalue weighted by Gasteiger charge is -2.13. The minimum absolute atomic E-state index is 0.0892. The van der Waals surface area contributed by atoms with Crippen LogP contribution in [0.15, 0.2) is 110 Å². The van der Waals surface area contributed by atoms with Gasteiger partial charge in [0.25, 0.3) is 5.91 Å². The van der Waals surface area contributed by atoms with Crippen LogP contribution in [-0.2, 0) is 19.6 Å². The molecule has 6 heteroatoms. The third-order valence-electron chi connectivity index (χ3n) is 5.81. The van der Waals surface area contributed by atoms with Crippen LogP contribution < -0.4 is 5.32 Å². The van der Waals surface area contributed by atoms with Gasteiger partial charge in [-0.05, 0) is 39.9 Å². The predicted octanol–water partition coefficient (Wildman–Crippen LogP) is 4.77. The van der Waals surface area contributed by atoms with Crippen LogP contribution in [0.3, 0.4) is 0 Å². The second-order valence-electron chi connectivity index (χ2n) is 8.13. The lowest BCUT2D eigenvalue weighted by atomic mass is 9.98. The number of carbonyl (C=O) groups is 1. The van der Waals surface area contributed by atoms with E-state index in [0.29, 0.717) is 25.2 Å². The summed E-state index contributed by atoms with van der Waals surface area (Å²) in [5.74, 6) is -0.0892. The standard InChI is InChI=1S/C28H25N5O/c34-28(30-18-24-6-1-2-7-25(24)20-32-17-15-29-21-32)27-9-4-3-8-26(27)23-12-10-22(11-13-23)19-33-16-5-14-31-33/h1-17,21H,18-20H2,(H,30,34). The van der Waals surface area contributed by atoms with Crippen molar-refractivity contribution < 1.29 is 4.79 Å². The summed E-state index contributed by atoms with van der Waals surface area (Å²) in [4.78, 5) is 17.3. The minimum atomic E-state index is -0.0892. The molecule has 0 saturated carbocycles. The van der Waals surface area contributed by atoms with Gasteiger partial charge in [-0.15, -0.1) is 0 Å². The number of imidazole rings is 1. The molecule has 3 aromatic carbocycles. The third-order valence-corrected chi connectivity index (χ3v) is 5.81. The van der Waals surface area contributed by atoms with Crippen molar-refractivity contribution in [1.29, 1.82) is 0 Å². The Morgan fingerprint density at radius 3 is 2.35 bits per heavy atom. The van der Waals surface area contributed by atoms with Crippen LogP contribution in [0.5, 0.6) is 0 Å². The average molecular weight is 448 g/mol. The molecule has 5 aromatic rings. The van der Waals surface area contributed by atoms with Crippen molar-refractivity contribution in [1.82, 2.24) is 24.6 Å². The van der Waals surface area contributed by atoms with E-state index in [-0.39, 0.29) is 5.91 Å². The van der Waals surface area contributed by atoms with Crippen LogP contribution in [0.1, 0.15) is 27.0 Å². The fraction of sp³-hybridized carbons (Fsp3) is 0.107. The molecule has 0 fully saturated rings. The van der Waals surface area contributed by atoms with Crippen molar-refractivity contribution in [3.8, 4) is 11.1 Å². The maximum Gasteiger partial charge on any atom is 0.252 e. The third kappa shape index (κ3) is 4.96. The first-order valence-corrected chi connectivity index (χ1v) is 11.2. The Kier molecular flexibility index (Phi) is 6.29. The van der Waals surface area contributed by atoms with E-state index < -0.39 is 0 Å². The highest BCUT2D eigenvalue weighted by Gasteiger charge is 2.13. The summed E-state index contributed by atoms with van der Waals surface area (Å²) in [6.07, 6.45) is 9.23. The van der Waals surface area contributed by atoms with E-state index in [0.717, 1.165) is 27.8 Å². The summed E-state index contributed by atoms with van der Waals surface area (Å²) >= 11 is 0. The van der Waals surface area contributed by atoms with E-state index in [1.807, 2.05) is 64.1 Å². The molecule has 5 rings (SSSR count). The zero-order valence-electron chi connectivity index (χ0n) is 18.7. The molecular formula is C28H25N5O. The fourth-order valence-electron chi connectivity index (χ4n) is 4.04. The van der Waals surface area contributed by atoms with Crippen LogP contribution in [0, 0.1) is 0 Å². The molecule has 1 N–H and O–H groups in total. The van der Waals surface area contributed by atoms with Gasteiger partial charge in [0.05, 0.1) is 12.9 Å². The molecule has 0 spiro atoms. The molecule has 0 aliphatic carbocycles. The summed E-state index contributed by atoms with van der Waals surface area (Å²) in [6.45, 7) is 1.89. The minimum Gasteiger partial charge on any atom is -0.348 e. The van der Waals surface area contributed by atoms with E-state index in [2.05, 4.69) is 51.8 Å². The fourth-order valence-corrected chi connectivity index (χ4v) is 4.04. The Morgan fingerprint density at radius 2 is 1.59 bits per heavy atom. The quantitative estimate of drug-likeness (QED) is 0.373. The Hall–Kier alpha value is -4.45. The molecule has 6 nitrogen and oxygen atoms in total. The van der Waals surface area contributed by atoms with Gasteiger partial charge in [0.2, 0.25) is 0 Å². The first-order chi connectivity index (χ1) is 16.8. The molecule has 0 bridgehead atoms. The Labute approximate surface area is 198 Å². The maximum atomic E-state index is 13.2. The predicted molar refractivity (Wildman–Crippen MR) is 132 cm³/mol. The van der Waals surface area contributed by atoms with Crippen molar-refractivity contribution in [2.45, 2.75) is 19.6 Å². The van der Waals surface area contributed by atoms with Crippen molar-refractivity contribution in [2.24, 2.45) is 0 Å². The van der Waals surface area contributed by atoms with Gasteiger partial charge in [0.1, 0.15) is 0 Å². The maximum absolute atomic E-state index is 13.2. The molecule has 0 unspecified atom stereocenters. The summed E-state index contributed by atoms with van der Waals surface area (Å²) in [5.41, 5.74) is 5.98. The number of hydrogen-bond acceptors (Lipinski definition) is 3. The second-order valence-corrected chi connectivity index (χ2v) is 8.13. The Balaban J connectivity index is 1.30. The molecule has 2 aromatic heterocycles. The van der Waals surface area contributed by atoms with E-state index in [4.69, 9.17) is 0 Å². The van der Waals surface area contributed by atoms with Crippen LogP contribution in [0.2, 0.25) is 0 Å². The van der Waals surface area contributed by atoms with Gasteiger partial charge in [0.15, 0.2) is 0 Å². The lowest BCUT2D eigenvalue weighted by Crippen LogP contribution is -2.24. The monoisotopic (exact) mass is 447 g/mol. The van der Waals surface area contributed by atoms with Crippen LogP contribution in [0.4, 0.5) is 0 Å². The normalized spacial score (nSPS) is 10.8. The Morgan fingerprint density at radius 1 is 0.794 bits per heavy atom. The highest BCUT2D eigenvalue weighted by Crippen LogP contribution is 2.24. The molecule has 0 saturated heterocycles. The first kappa shape index (κ1) is 21.4. The summed E-state index contributed by atoms with van der Waals surface area (Å²) in [6, 6.07) is 26.1. The van der Waals surface area contributed by atoms with Crippen molar-refractivity contribution in [2.75, 3.05) is 0 Å². The molecule has 0 aliphatic heterocycles. The summed E-state index contributed by atoms with van der Waals surface area (Å²) in [7, 11) is 0. The van der Waals surface area contributed by atoms with Gasteiger partial charge in [-0.3, -0.25) is 9.48 Å². The van der Waals surface area contributed by atoms with Gasteiger partial charge < -0.3 is 9.88 Å². The van der Waals surface area contributed by atoms with Crippen molar-refractivity contribution in [3.63, 3.8) is 0 Å². The average Bonchev–Trinajstić information content (AvgIpc) is 3.58. The highest BCUT2D eigenvalue weighted by atomic mass is 16.1. The Bertz CT molecular complexity index is 1360. The molecular weight excluding hydrogens is 422 g/mol. The highest BCUT2D eigenvalue weighted by molar-refractivity contribution is 6.00. The largest absolute Gasteiger partial charge is 0.348 e. The van der Waals surface area contributed by atoms with E-state index >= 15 is 0 Å². The zero-order valence-corrected chi connectivity index (χ0v) is 18.7. The molecule has 0 atom stereocenters. The smallest absolute Gasteiger partial charge is 0.252 e. The van der Waals surface area contributed by atoms with Crippen molar-refractivity contribution >= 4 is 5.91 Å². The molecule has 34 heavy (non-hydrogen) atoms. The second kappa shape index (κ2) is 10.0. The topological polar surface area (TPSA) is 64.7 Å². The number of carbonyl (C=O) groups excluding carboxylic acids is 1. The number of amides is 1. The number of hydrogen-bond donors (Lipinski definition) is 1. The van der Waals surface area contributed by atoms with Gasteiger partial charge in [-0.25, -0.2) is 4.98 Å². The molecule has 1 amide bonds. The number of nitrogens with zero attached hydrogens (tertiary/aromatic N) is 4. The molecule has 168 valence electrons. The van der Waals surface area contributed by atoms with Crippen molar-refractivity contribution in [3.05, 3.63) is 132 Å². The van der Waals surface area contributed by atoms with Crippen LogP contribution in [0.25, 0.3) is 11.1 Å². The van der Waals surface area contributed by atoms with Crippen LogP contribution in [-0.4, -0.2) is 25.2 Å². The molecule has 0 aliphatic rings. The van der Waals surface area contributed by atoms with Gasteiger partial charge in [-0.2, -0.15) is 5.10 Å². The van der Waals surface area contributed by atoms with E-state index in [9.17, 15) is 4.79 Å². The summed E-state index contributed by atoms with van der Waals surface area (Å²) in [5, 5.41) is 7.37. The molecule has 2 heterocycles. The lowest BCUT2D eigenvalue weighted by molar-refractivity contribution is 0.0951. The summed E-state index contributed by atoms with van der Waals surface area (Å²) < 4.78 is 3.91. The number of nitrogens with one attached hydrogen (secondary N) is 1. The van der Waals surface area contributed by atoms with E-state index in [1.165, 1.54) is 0 Å². The zero-order chi connectivity index (χ0) is 23.2. The number of rotatable bonds is 8. The molecule has 0 radical (unpaired) electrons. The van der Waals surface area contributed by atoms with Gasteiger partial charge >= 0.3 is 0 Å². The van der Waals surface area contributed by atoms with Gasteiger partial charge in [0, 0.05) is 43.4 Å². The van der Waals surface area contributed by atoms with Gasteiger partial charge in [-0.1, -0.05) is 66.7 Å².